The zero-order valence-corrected chi connectivity index (χ0v) is 13.6. The van der Waals surface area contributed by atoms with E-state index in [4.69, 9.17) is 21.1 Å². The van der Waals surface area contributed by atoms with E-state index < -0.39 is 0 Å². The molecular weight excluding hydrogens is 330 g/mol. The SMILES string of the molecule is N/C(=N\O)c1ccc(-c2ncc(-c3cc(N)nc4ccccc34)o2)cc1. The minimum Gasteiger partial charge on any atom is -0.436 e. The van der Waals surface area contributed by atoms with E-state index in [0.29, 0.717) is 23.0 Å². The predicted octanol–water partition coefficient (Wildman–Crippen LogP) is 3.23. The van der Waals surface area contributed by atoms with E-state index in [0.717, 1.165) is 22.0 Å². The smallest absolute Gasteiger partial charge is 0.226 e. The Morgan fingerprint density at radius 2 is 1.85 bits per heavy atom. The maximum atomic E-state index is 8.73. The number of anilines is 1. The Bertz CT molecular complexity index is 1120. The molecule has 0 unspecified atom stereocenters. The first kappa shape index (κ1) is 15.6. The van der Waals surface area contributed by atoms with Gasteiger partial charge in [0.2, 0.25) is 5.89 Å². The summed E-state index contributed by atoms with van der Waals surface area (Å²) in [6, 6.07) is 16.5. The minimum atomic E-state index is 0.0448. The number of para-hydroxylation sites is 1. The Balaban J connectivity index is 1.75. The van der Waals surface area contributed by atoms with Gasteiger partial charge in [-0.2, -0.15) is 0 Å². The minimum absolute atomic E-state index is 0.0448. The third-order valence-corrected chi connectivity index (χ3v) is 4.04. The molecular formula is C19H15N5O2. The molecule has 0 fully saturated rings. The van der Waals surface area contributed by atoms with Crippen LogP contribution in [0.3, 0.4) is 0 Å². The van der Waals surface area contributed by atoms with Gasteiger partial charge in [-0.05, 0) is 24.3 Å². The summed E-state index contributed by atoms with van der Waals surface area (Å²) in [5.41, 5.74) is 14.5. The van der Waals surface area contributed by atoms with Gasteiger partial charge >= 0.3 is 0 Å². The van der Waals surface area contributed by atoms with Gasteiger partial charge in [-0.25, -0.2) is 9.97 Å². The molecule has 0 aliphatic carbocycles. The highest BCUT2D eigenvalue weighted by Gasteiger charge is 2.13. The number of oxazole rings is 1. The Hall–Kier alpha value is -3.87. The summed E-state index contributed by atoms with van der Waals surface area (Å²) in [6.45, 7) is 0. The Morgan fingerprint density at radius 3 is 2.62 bits per heavy atom. The highest BCUT2D eigenvalue weighted by Crippen LogP contribution is 2.32. The third-order valence-electron chi connectivity index (χ3n) is 4.04. The number of nitrogen functional groups attached to an aromatic ring is 1. The number of pyridine rings is 1. The highest BCUT2D eigenvalue weighted by atomic mass is 16.4. The van der Waals surface area contributed by atoms with Crippen molar-refractivity contribution in [3.63, 3.8) is 0 Å². The van der Waals surface area contributed by atoms with E-state index in [9.17, 15) is 0 Å². The highest BCUT2D eigenvalue weighted by molar-refractivity contribution is 5.97. The van der Waals surface area contributed by atoms with Crippen LogP contribution in [0.5, 0.6) is 0 Å². The molecule has 0 aliphatic heterocycles. The first-order valence-electron chi connectivity index (χ1n) is 7.85. The van der Waals surface area contributed by atoms with E-state index in [1.54, 1.807) is 36.5 Å². The van der Waals surface area contributed by atoms with Crippen molar-refractivity contribution >= 4 is 22.6 Å². The summed E-state index contributed by atoms with van der Waals surface area (Å²) < 4.78 is 5.94. The summed E-state index contributed by atoms with van der Waals surface area (Å²) >= 11 is 0. The summed E-state index contributed by atoms with van der Waals surface area (Å²) in [5.74, 6) is 1.53. The molecule has 0 saturated carbocycles. The van der Waals surface area contributed by atoms with E-state index in [-0.39, 0.29) is 5.84 Å². The van der Waals surface area contributed by atoms with Crippen molar-refractivity contribution < 1.29 is 9.62 Å². The van der Waals surface area contributed by atoms with Crippen LogP contribution >= 0.6 is 0 Å². The number of rotatable bonds is 3. The Kier molecular flexibility index (Phi) is 3.74. The number of fused-ring (bicyclic) bond motifs is 1. The van der Waals surface area contributed by atoms with Crippen molar-refractivity contribution in [2.75, 3.05) is 5.73 Å². The molecule has 26 heavy (non-hydrogen) atoms. The molecule has 2 aromatic carbocycles. The lowest BCUT2D eigenvalue weighted by molar-refractivity contribution is 0.318. The monoisotopic (exact) mass is 345 g/mol. The van der Waals surface area contributed by atoms with Crippen LogP contribution in [0.2, 0.25) is 0 Å². The molecule has 2 aromatic heterocycles. The maximum absolute atomic E-state index is 8.73. The van der Waals surface area contributed by atoms with Gasteiger partial charge < -0.3 is 21.1 Å². The number of nitrogens with two attached hydrogens (primary N) is 2. The Morgan fingerprint density at radius 1 is 1.08 bits per heavy atom. The number of hydrogen-bond acceptors (Lipinski definition) is 6. The lowest BCUT2D eigenvalue weighted by Gasteiger charge is -2.05. The van der Waals surface area contributed by atoms with E-state index >= 15 is 0 Å². The molecule has 0 aliphatic rings. The van der Waals surface area contributed by atoms with E-state index in [1.165, 1.54) is 0 Å². The van der Waals surface area contributed by atoms with Crippen molar-refractivity contribution in [3.8, 4) is 22.8 Å². The molecule has 0 saturated heterocycles. The second kappa shape index (κ2) is 6.21. The average Bonchev–Trinajstić information content (AvgIpc) is 3.17. The molecule has 0 amide bonds. The molecule has 7 heteroatoms. The zero-order chi connectivity index (χ0) is 18.1. The molecule has 4 aromatic rings. The topological polar surface area (TPSA) is 124 Å². The molecule has 128 valence electrons. The molecule has 0 radical (unpaired) electrons. The maximum Gasteiger partial charge on any atom is 0.226 e. The molecule has 2 heterocycles. The van der Waals surface area contributed by atoms with Gasteiger partial charge in [0.1, 0.15) is 5.82 Å². The number of nitrogens with zero attached hydrogens (tertiary/aromatic N) is 3. The van der Waals surface area contributed by atoms with Crippen molar-refractivity contribution in [2.24, 2.45) is 10.9 Å². The Labute approximate surface area is 148 Å². The summed E-state index contributed by atoms with van der Waals surface area (Å²) in [5, 5.41) is 12.6. The lowest BCUT2D eigenvalue weighted by atomic mass is 10.1. The number of hydrogen-bond donors (Lipinski definition) is 3. The molecule has 0 atom stereocenters. The van der Waals surface area contributed by atoms with E-state index in [2.05, 4.69) is 15.1 Å². The standard InChI is InChI=1S/C19H15N5O2/c20-17-9-14(13-3-1-2-4-15(13)23-17)16-10-22-19(26-16)12-7-5-11(6-8-12)18(21)24-25/h1-10,25H,(H2,20,23)(H2,21,24). The first-order valence-corrected chi connectivity index (χ1v) is 7.85. The van der Waals surface area contributed by atoms with Crippen LogP contribution in [0.15, 0.2) is 70.4 Å². The van der Waals surface area contributed by atoms with E-state index in [1.807, 2.05) is 24.3 Å². The molecule has 5 N–H and O–H groups in total. The van der Waals surface area contributed by atoms with Crippen molar-refractivity contribution in [3.05, 3.63) is 66.4 Å². The first-order chi connectivity index (χ1) is 12.7. The van der Waals surface area contributed by atoms with Crippen LogP contribution in [0, 0.1) is 0 Å². The summed E-state index contributed by atoms with van der Waals surface area (Å²) in [4.78, 5) is 8.69. The third kappa shape index (κ3) is 2.71. The molecule has 7 nitrogen and oxygen atoms in total. The van der Waals surface area contributed by atoms with Crippen LogP contribution in [0.1, 0.15) is 5.56 Å². The van der Waals surface area contributed by atoms with Gasteiger partial charge in [0, 0.05) is 22.1 Å². The van der Waals surface area contributed by atoms with Crippen LogP contribution in [0.25, 0.3) is 33.7 Å². The van der Waals surface area contributed by atoms with Gasteiger partial charge in [-0.15, -0.1) is 0 Å². The normalized spacial score (nSPS) is 11.8. The second-order valence-corrected chi connectivity index (χ2v) is 5.70. The largest absolute Gasteiger partial charge is 0.436 e. The number of benzene rings is 2. The van der Waals surface area contributed by atoms with Gasteiger partial charge in [0.05, 0.1) is 11.7 Å². The number of oxime groups is 1. The zero-order valence-electron chi connectivity index (χ0n) is 13.6. The fourth-order valence-corrected chi connectivity index (χ4v) is 2.77. The van der Waals surface area contributed by atoms with Gasteiger partial charge in [-0.3, -0.25) is 0 Å². The molecule has 4 rings (SSSR count). The average molecular weight is 345 g/mol. The molecule has 0 bridgehead atoms. The van der Waals surface area contributed by atoms with Crippen LogP contribution < -0.4 is 11.5 Å². The second-order valence-electron chi connectivity index (χ2n) is 5.70. The van der Waals surface area contributed by atoms with Crippen molar-refractivity contribution in [1.82, 2.24) is 9.97 Å². The van der Waals surface area contributed by atoms with Gasteiger partial charge in [-0.1, -0.05) is 35.5 Å². The van der Waals surface area contributed by atoms with Crippen LogP contribution in [-0.4, -0.2) is 21.0 Å². The number of aromatic nitrogens is 2. The fourth-order valence-electron chi connectivity index (χ4n) is 2.77. The van der Waals surface area contributed by atoms with Crippen molar-refractivity contribution in [2.45, 2.75) is 0 Å². The van der Waals surface area contributed by atoms with Crippen LogP contribution in [0.4, 0.5) is 5.82 Å². The lowest BCUT2D eigenvalue weighted by Crippen LogP contribution is -2.12. The van der Waals surface area contributed by atoms with Gasteiger partial charge in [0.25, 0.3) is 0 Å². The quantitative estimate of drug-likeness (QED) is 0.227. The fraction of sp³-hybridized carbons (Fsp3) is 0. The van der Waals surface area contributed by atoms with Crippen LogP contribution in [-0.2, 0) is 0 Å². The number of amidine groups is 1. The predicted molar refractivity (Wildman–Crippen MR) is 99.6 cm³/mol. The summed E-state index contributed by atoms with van der Waals surface area (Å²) in [6.07, 6.45) is 1.66. The summed E-state index contributed by atoms with van der Waals surface area (Å²) in [7, 11) is 0. The van der Waals surface area contributed by atoms with Gasteiger partial charge in [0.15, 0.2) is 11.6 Å². The van der Waals surface area contributed by atoms with Crippen molar-refractivity contribution in [1.29, 1.82) is 0 Å². The molecule has 0 spiro atoms.